The highest BCUT2D eigenvalue weighted by molar-refractivity contribution is 5.91. The van der Waals surface area contributed by atoms with Gasteiger partial charge in [0.2, 0.25) is 0 Å². The van der Waals surface area contributed by atoms with Crippen LogP contribution in [0.2, 0.25) is 0 Å². The molecule has 0 aromatic carbocycles. The summed E-state index contributed by atoms with van der Waals surface area (Å²) in [7, 11) is 0. The number of carbonyl (C=O) groups is 1. The molecule has 0 radical (unpaired) electrons. The van der Waals surface area contributed by atoms with E-state index >= 15 is 0 Å². The van der Waals surface area contributed by atoms with Crippen molar-refractivity contribution >= 4 is 5.78 Å². The van der Waals surface area contributed by atoms with Crippen molar-refractivity contribution in [3.63, 3.8) is 0 Å². The summed E-state index contributed by atoms with van der Waals surface area (Å²) in [4.78, 5) is 11.9. The van der Waals surface area contributed by atoms with Crippen LogP contribution >= 0.6 is 0 Å². The van der Waals surface area contributed by atoms with Crippen molar-refractivity contribution in [3.05, 3.63) is 11.6 Å². The van der Waals surface area contributed by atoms with Crippen LogP contribution in [0, 0.1) is 28.6 Å². The zero-order valence-electron chi connectivity index (χ0n) is 14.7. The van der Waals surface area contributed by atoms with Crippen LogP contribution in [0.5, 0.6) is 0 Å². The molecule has 2 heteroatoms. The van der Waals surface area contributed by atoms with Crippen molar-refractivity contribution in [3.8, 4) is 0 Å². The summed E-state index contributed by atoms with van der Waals surface area (Å²) in [5, 5.41) is 9.33. The van der Waals surface area contributed by atoms with E-state index in [0.717, 1.165) is 43.4 Å². The molecule has 1 N–H and O–H groups in total. The Morgan fingerprint density at radius 1 is 1.13 bits per heavy atom. The maximum Gasteiger partial charge on any atom is 0.155 e. The summed E-state index contributed by atoms with van der Waals surface area (Å²) in [5.74, 6) is 2.94. The minimum Gasteiger partial charge on any atom is -0.396 e. The zero-order valence-corrected chi connectivity index (χ0v) is 14.7. The van der Waals surface area contributed by atoms with Gasteiger partial charge in [-0.25, -0.2) is 0 Å². The second kappa shape index (κ2) is 5.72. The number of aliphatic hydroxyl groups excluding tert-OH is 1. The summed E-state index contributed by atoms with van der Waals surface area (Å²) >= 11 is 0. The Hall–Kier alpha value is -0.630. The summed E-state index contributed by atoms with van der Waals surface area (Å²) in [6.45, 7) is 2.83. The van der Waals surface area contributed by atoms with Gasteiger partial charge in [-0.05, 0) is 92.4 Å². The Morgan fingerprint density at radius 3 is 2.83 bits per heavy atom. The minimum atomic E-state index is 0.308. The second-order valence-electron chi connectivity index (χ2n) is 9.09. The van der Waals surface area contributed by atoms with Gasteiger partial charge in [0.1, 0.15) is 0 Å². The van der Waals surface area contributed by atoms with Gasteiger partial charge in [0.15, 0.2) is 5.78 Å². The lowest BCUT2D eigenvalue weighted by molar-refractivity contribution is -0.117. The fraction of sp³-hybridized carbons (Fsp3) is 0.857. The van der Waals surface area contributed by atoms with Gasteiger partial charge in [0.05, 0.1) is 0 Å². The van der Waals surface area contributed by atoms with E-state index in [1.54, 1.807) is 0 Å². The third-order valence-electron chi connectivity index (χ3n) is 8.32. The summed E-state index contributed by atoms with van der Waals surface area (Å²) in [6.07, 6.45) is 15.5. The number of ketones is 1. The van der Waals surface area contributed by atoms with E-state index in [1.165, 1.54) is 50.5 Å². The number of aliphatic hydroxyl groups is 1. The number of hydrogen-bond donors (Lipinski definition) is 1. The van der Waals surface area contributed by atoms with Crippen molar-refractivity contribution in [2.45, 2.75) is 77.6 Å². The van der Waals surface area contributed by atoms with Crippen molar-refractivity contribution in [1.82, 2.24) is 0 Å². The van der Waals surface area contributed by atoms with E-state index in [-0.39, 0.29) is 0 Å². The Labute approximate surface area is 140 Å². The highest BCUT2D eigenvalue weighted by Crippen LogP contribution is 2.66. The fourth-order valence-corrected chi connectivity index (χ4v) is 7.22. The molecule has 23 heavy (non-hydrogen) atoms. The third-order valence-corrected chi connectivity index (χ3v) is 8.32. The van der Waals surface area contributed by atoms with Crippen LogP contribution < -0.4 is 0 Å². The van der Waals surface area contributed by atoms with Gasteiger partial charge in [-0.1, -0.05) is 18.9 Å². The van der Waals surface area contributed by atoms with E-state index in [9.17, 15) is 9.90 Å². The van der Waals surface area contributed by atoms with Crippen LogP contribution in [-0.2, 0) is 4.79 Å². The third kappa shape index (κ3) is 2.35. The lowest BCUT2D eigenvalue weighted by Gasteiger charge is -2.58. The van der Waals surface area contributed by atoms with Gasteiger partial charge in [-0.15, -0.1) is 0 Å². The molecule has 5 atom stereocenters. The Balaban J connectivity index is 1.62. The van der Waals surface area contributed by atoms with Crippen LogP contribution in [-0.4, -0.2) is 17.5 Å². The molecule has 0 bridgehead atoms. The molecule has 2 nitrogen and oxygen atoms in total. The van der Waals surface area contributed by atoms with E-state index in [2.05, 4.69) is 6.92 Å². The van der Waals surface area contributed by atoms with Crippen LogP contribution in [0.3, 0.4) is 0 Å². The maximum absolute atomic E-state index is 11.9. The molecule has 0 heterocycles. The Bertz CT molecular complexity index is 522. The molecule has 4 aliphatic carbocycles. The number of allylic oxidation sites excluding steroid dienone is 1. The first-order chi connectivity index (χ1) is 11.1. The summed E-state index contributed by atoms with van der Waals surface area (Å²) in [5.41, 5.74) is 2.34. The number of carbonyl (C=O) groups excluding carboxylic acids is 1. The fourth-order valence-electron chi connectivity index (χ4n) is 7.22. The van der Waals surface area contributed by atoms with Crippen LogP contribution in [0.25, 0.3) is 0 Å². The largest absolute Gasteiger partial charge is 0.396 e. The second-order valence-corrected chi connectivity index (χ2v) is 9.09. The topological polar surface area (TPSA) is 37.3 Å². The van der Waals surface area contributed by atoms with Crippen molar-refractivity contribution in [2.24, 2.45) is 28.6 Å². The quantitative estimate of drug-likeness (QED) is 0.822. The van der Waals surface area contributed by atoms with Crippen molar-refractivity contribution in [1.29, 1.82) is 0 Å². The highest BCUT2D eigenvalue weighted by Gasteiger charge is 2.57. The predicted molar refractivity (Wildman–Crippen MR) is 92.0 cm³/mol. The maximum atomic E-state index is 11.9. The molecular weight excluding hydrogens is 284 g/mol. The molecule has 3 fully saturated rings. The molecule has 0 spiro atoms. The molecule has 0 saturated heterocycles. The van der Waals surface area contributed by atoms with Crippen LogP contribution in [0.15, 0.2) is 11.6 Å². The van der Waals surface area contributed by atoms with E-state index < -0.39 is 0 Å². The normalized spacial score (nSPS) is 45.9. The average Bonchev–Trinajstić information content (AvgIpc) is 2.98. The predicted octanol–water partition coefficient (Wildman–Crippen LogP) is 4.66. The van der Waals surface area contributed by atoms with Crippen LogP contribution in [0.1, 0.15) is 77.6 Å². The van der Waals surface area contributed by atoms with E-state index in [4.69, 9.17) is 0 Å². The Kier molecular flexibility index (Phi) is 3.95. The number of rotatable bonds is 3. The summed E-state index contributed by atoms with van der Waals surface area (Å²) in [6, 6.07) is 0. The molecule has 4 aliphatic rings. The molecule has 128 valence electrons. The van der Waals surface area contributed by atoms with E-state index in [1.807, 2.05) is 6.08 Å². The Morgan fingerprint density at radius 2 is 2.00 bits per heavy atom. The molecular formula is C21H32O2. The van der Waals surface area contributed by atoms with Gasteiger partial charge in [-0.2, -0.15) is 0 Å². The molecule has 3 saturated carbocycles. The van der Waals surface area contributed by atoms with Gasteiger partial charge in [-0.3, -0.25) is 4.79 Å². The highest BCUT2D eigenvalue weighted by atomic mass is 16.2. The van der Waals surface area contributed by atoms with Crippen molar-refractivity contribution in [2.75, 3.05) is 6.61 Å². The van der Waals surface area contributed by atoms with Gasteiger partial charge >= 0.3 is 0 Å². The zero-order chi connectivity index (χ0) is 16.1. The number of fused-ring (bicyclic) bond motifs is 5. The number of hydrogen-bond acceptors (Lipinski definition) is 2. The molecule has 0 aromatic rings. The first-order valence-electron chi connectivity index (χ1n) is 9.94. The lowest BCUT2D eigenvalue weighted by Crippen LogP contribution is -2.50. The van der Waals surface area contributed by atoms with Gasteiger partial charge in [0, 0.05) is 13.0 Å². The molecule has 3 unspecified atom stereocenters. The lowest BCUT2D eigenvalue weighted by atomic mass is 9.47. The molecule has 0 amide bonds. The smallest absolute Gasteiger partial charge is 0.155 e. The molecule has 0 aromatic heterocycles. The molecule has 4 rings (SSSR count). The first-order valence-corrected chi connectivity index (χ1v) is 9.94. The average molecular weight is 316 g/mol. The van der Waals surface area contributed by atoms with E-state index in [0.29, 0.717) is 23.2 Å². The van der Waals surface area contributed by atoms with Crippen molar-refractivity contribution < 1.29 is 9.90 Å². The first kappa shape index (κ1) is 15.9. The summed E-state index contributed by atoms with van der Waals surface area (Å²) < 4.78 is 0. The van der Waals surface area contributed by atoms with Crippen LogP contribution in [0.4, 0.5) is 0 Å². The van der Waals surface area contributed by atoms with Gasteiger partial charge < -0.3 is 5.11 Å². The SMILES string of the molecule is C[C@]12CCC(=O)C=C1CCC1C3CCC[C@@]3(CCCO)CCC12. The molecule has 0 aliphatic heterocycles. The monoisotopic (exact) mass is 316 g/mol. The van der Waals surface area contributed by atoms with Gasteiger partial charge in [0.25, 0.3) is 0 Å². The standard InChI is InChI=1S/C21H32O2/c1-20-11-7-16(23)14-15(20)5-6-17-18(20)8-12-21(10-3-13-22)9-2-4-19(17)21/h14,17-19,22H,2-13H2,1H3/t17?,18?,19?,20-,21+/m0/s1. The minimum absolute atomic E-state index is 0.308.